The van der Waals surface area contributed by atoms with Crippen LogP contribution in [0.15, 0.2) is 48.6 Å². The number of benzene rings is 1. The molecule has 0 nitrogen and oxygen atoms in total. The second-order valence-electron chi connectivity index (χ2n) is 2.76. The van der Waals surface area contributed by atoms with Gasteiger partial charge in [0.1, 0.15) is 0 Å². The van der Waals surface area contributed by atoms with Crippen molar-refractivity contribution in [1.82, 2.24) is 0 Å². The monoisotopic (exact) mass is 158 g/mol. The predicted molar refractivity (Wildman–Crippen MR) is 54.9 cm³/mol. The summed E-state index contributed by atoms with van der Waals surface area (Å²) < 4.78 is 0. The lowest BCUT2D eigenvalue weighted by atomic mass is 10.1. The minimum absolute atomic E-state index is 1.02. The number of allylic oxidation sites excluding steroid dienone is 2. The highest BCUT2D eigenvalue weighted by Crippen LogP contribution is 2.05. The van der Waals surface area contributed by atoms with E-state index in [2.05, 4.69) is 37.8 Å². The van der Waals surface area contributed by atoms with Crippen molar-refractivity contribution in [2.75, 3.05) is 0 Å². The Labute approximate surface area is 74.2 Å². The fourth-order valence-corrected chi connectivity index (χ4v) is 0.896. The van der Waals surface area contributed by atoms with E-state index >= 15 is 0 Å². The Morgan fingerprint density at radius 1 is 1.33 bits per heavy atom. The zero-order valence-electron chi connectivity index (χ0n) is 7.46. The molecule has 12 heavy (non-hydrogen) atoms. The van der Waals surface area contributed by atoms with Crippen LogP contribution in [0.25, 0.3) is 6.08 Å². The summed E-state index contributed by atoms with van der Waals surface area (Å²) in [5.74, 6) is 0. The van der Waals surface area contributed by atoms with Crippen molar-refractivity contribution >= 4 is 6.08 Å². The van der Waals surface area contributed by atoms with Crippen molar-refractivity contribution in [2.24, 2.45) is 0 Å². The molecule has 0 aliphatic heterocycles. The SMILES string of the molecule is C=C(C=Cc1ccccc1)CC. The molecule has 0 bridgehead atoms. The van der Waals surface area contributed by atoms with Crippen LogP contribution < -0.4 is 0 Å². The van der Waals surface area contributed by atoms with Gasteiger partial charge in [0.25, 0.3) is 0 Å². The van der Waals surface area contributed by atoms with Crippen molar-refractivity contribution < 1.29 is 0 Å². The van der Waals surface area contributed by atoms with E-state index in [1.54, 1.807) is 0 Å². The maximum atomic E-state index is 3.90. The lowest BCUT2D eigenvalue weighted by Crippen LogP contribution is -1.71. The summed E-state index contributed by atoms with van der Waals surface area (Å²) in [7, 11) is 0. The fourth-order valence-electron chi connectivity index (χ4n) is 0.896. The van der Waals surface area contributed by atoms with Gasteiger partial charge in [0.2, 0.25) is 0 Å². The molecule has 0 fully saturated rings. The van der Waals surface area contributed by atoms with Gasteiger partial charge in [0, 0.05) is 0 Å². The molecule has 1 rings (SSSR count). The Morgan fingerprint density at radius 3 is 2.58 bits per heavy atom. The first-order valence-electron chi connectivity index (χ1n) is 4.24. The van der Waals surface area contributed by atoms with Crippen molar-refractivity contribution in [2.45, 2.75) is 13.3 Å². The van der Waals surface area contributed by atoms with E-state index in [1.165, 1.54) is 11.1 Å². The molecule has 1 aromatic carbocycles. The van der Waals surface area contributed by atoms with Gasteiger partial charge in [-0.3, -0.25) is 0 Å². The van der Waals surface area contributed by atoms with Gasteiger partial charge in [-0.05, 0) is 12.0 Å². The third-order valence-corrected chi connectivity index (χ3v) is 1.77. The first kappa shape index (κ1) is 8.79. The number of rotatable bonds is 3. The van der Waals surface area contributed by atoms with Crippen LogP contribution in [0.1, 0.15) is 18.9 Å². The number of hydrogen-bond donors (Lipinski definition) is 0. The highest BCUT2D eigenvalue weighted by molar-refractivity contribution is 5.52. The van der Waals surface area contributed by atoms with Crippen LogP contribution in [0.3, 0.4) is 0 Å². The molecule has 0 heterocycles. The quantitative estimate of drug-likeness (QED) is 0.589. The van der Waals surface area contributed by atoms with Crippen molar-refractivity contribution in [3.8, 4) is 0 Å². The normalized spacial score (nSPS) is 10.4. The molecular formula is C12H14. The molecule has 0 aliphatic rings. The Hall–Kier alpha value is -1.30. The molecule has 0 radical (unpaired) electrons. The van der Waals surface area contributed by atoms with Gasteiger partial charge in [0.05, 0.1) is 0 Å². The van der Waals surface area contributed by atoms with Crippen molar-refractivity contribution in [3.63, 3.8) is 0 Å². The van der Waals surface area contributed by atoms with Gasteiger partial charge < -0.3 is 0 Å². The van der Waals surface area contributed by atoms with Crippen molar-refractivity contribution in [3.05, 3.63) is 54.1 Å². The fraction of sp³-hybridized carbons (Fsp3) is 0.167. The molecule has 0 N–H and O–H groups in total. The van der Waals surface area contributed by atoms with Crippen LogP contribution in [-0.4, -0.2) is 0 Å². The Kier molecular flexibility index (Phi) is 3.34. The summed E-state index contributed by atoms with van der Waals surface area (Å²) >= 11 is 0. The highest BCUT2D eigenvalue weighted by Gasteiger charge is 1.83. The van der Waals surface area contributed by atoms with E-state index in [0.717, 1.165) is 6.42 Å². The van der Waals surface area contributed by atoms with E-state index < -0.39 is 0 Å². The smallest absolute Gasteiger partial charge is 0.0257 e. The van der Waals surface area contributed by atoms with Crippen LogP contribution in [0, 0.1) is 0 Å². The van der Waals surface area contributed by atoms with E-state index in [4.69, 9.17) is 0 Å². The summed E-state index contributed by atoms with van der Waals surface area (Å²) in [5.41, 5.74) is 2.39. The summed E-state index contributed by atoms with van der Waals surface area (Å²) in [6, 6.07) is 10.3. The highest BCUT2D eigenvalue weighted by atomic mass is 13.9. The molecule has 0 saturated heterocycles. The second-order valence-corrected chi connectivity index (χ2v) is 2.76. The number of hydrogen-bond acceptors (Lipinski definition) is 0. The third-order valence-electron chi connectivity index (χ3n) is 1.77. The molecule has 0 atom stereocenters. The molecule has 0 saturated carbocycles. The summed E-state index contributed by atoms with van der Waals surface area (Å²) in [4.78, 5) is 0. The van der Waals surface area contributed by atoms with Crippen LogP contribution in [0.5, 0.6) is 0 Å². The van der Waals surface area contributed by atoms with Gasteiger partial charge in [-0.1, -0.05) is 61.6 Å². The van der Waals surface area contributed by atoms with Crippen LogP contribution in [-0.2, 0) is 0 Å². The van der Waals surface area contributed by atoms with E-state index in [9.17, 15) is 0 Å². The summed E-state index contributed by atoms with van der Waals surface area (Å²) in [6.07, 6.45) is 5.17. The van der Waals surface area contributed by atoms with E-state index in [0.29, 0.717) is 0 Å². The minimum Gasteiger partial charge on any atom is -0.0958 e. The molecule has 0 aromatic heterocycles. The van der Waals surface area contributed by atoms with Crippen molar-refractivity contribution in [1.29, 1.82) is 0 Å². The lowest BCUT2D eigenvalue weighted by molar-refractivity contribution is 1.16. The van der Waals surface area contributed by atoms with Crippen LogP contribution >= 0.6 is 0 Å². The first-order valence-corrected chi connectivity index (χ1v) is 4.24. The summed E-state index contributed by atoms with van der Waals surface area (Å²) in [6.45, 7) is 6.01. The molecule has 1 aromatic rings. The molecule has 0 amide bonds. The van der Waals surface area contributed by atoms with Gasteiger partial charge in [-0.25, -0.2) is 0 Å². The zero-order chi connectivity index (χ0) is 8.81. The largest absolute Gasteiger partial charge is 0.0958 e. The molecule has 0 heteroatoms. The maximum Gasteiger partial charge on any atom is -0.0257 e. The lowest BCUT2D eigenvalue weighted by Gasteiger charge is -1.92. The molecule has 0 unspecified atom stereocenters. The molecule has 0 aliphatic carbocycles. The standard InChI is InChI=1S/C12H14/c1-3-11(2)9-10-12-7-5-4-6-8-12/h4-10H,2-3H2,1H3. The van der Waals surface area contributed by atoms with Gasteiger partial charge in [0.15, 0.2) is 0 Å². The van der Waals surface area contributed by atoms with E-state index in [-0.39, 0.29) is 0 Å². The average molecular weight is 158 g/mol. The van der Waals surface area contributed by atoms with Crippen LogP contribution in [0.4, 0.5) is 0 Å². The van der Waals surface area contributed by atoms with E-state index in [1.807, 2.05) is 18.2 Å². The predicted octanol–water partition coefficient (Wildman–Crippen LogP) is 3.67. The molecule has 0 spiro atoms. The van der Waals surface area contributed by atoms with Gasteiger partial charge in [-0.2, -0.15) is 0 Å². The van der Waals surface area contributed by atoms with Gasteiger partial charge in [-0.15, -0.1) is 0 Å². The zero-order valence-corrected chi connectivity index (χ0v) is 7.46. The van der Waals surface area contributed by atoms with Crippen LogP contribution in [0.2, 0.25) is 0 Å². The summed E-state index contributed by atoms with van der Waals surface area (Å²) in [5, 5.41) is 0. The average Bonchev–Trinajstić information content (AvgIpc) is 2.16. The molecular weight excluding hydrogens is 144 g/mol. The van der Waals surface area contributed by atoms with Gasteiger partial charge >= 0.3 is 0 Å². The topological polar surface area (TPSA) is 0 Å². The minimum atomic E-state index is 1.02. The maximum absolute atomic E-state index is 3.90. The Balaban J connectivity index is 2.64. The third kappa shape index (κ3) is 2.75. The Bertz CT molecular complexity index is 267. The Morgan fingerprint density at radius 2 is 2.00 bits per heavy atom. The molecule has 62 valence electrons. The second kappa shape index (κ2) is 4.55. The first-order chi connectivity index (χ1) is 5.83.